The van der Waals surface area contributed by atoms with Crippen LogP contribution in [0.25, 0.3) is 0 Å². The first kappa shape index (κ1) is 16.5. The summed E-state index contributed by atoms with van der Waals surface area (Å²) in [6.45, 7) is 12.7. The Bertz CT molecular complexity index is 408. The monoisotopic (exact) mass is 288 g/mol. The maximum atomic E-state index is 3.38. The highest BCUT2D eigenvalue weighted by Gasteiger charge is 2.22. The van der Waals surface area contributed by atoms with Gasteiger partial charge in [-0.15, -0.1) is 0 Å². The zero-order valence-corrected chi connectivity index (χ0v) is 14.1. The molecular formula is C19H32N2. The van der Waals surface area contributed by atoms with Crippen LogP contribution in [0.3, 0.4) is 0 Å². The summed E-state index contributed by atoms with van der Waals surface area (Å²) in [7, 11) is 0. The summed E-state index contributed by atoms with van der Waals surface area (Å²) in [5.74, 6) is 0. The van der Waals surface area contributed by atoms with Gasteiger partial charge in [-0.2, -0.15) is 0 Å². The summed E-state index contributed by atoms with van der Waals surface area (Å²) >= 11 is 0. The molecule has 1 aliphatic rings. The molecule has 2 heteroatoms. The summed E-state index contributed by atoms with van der Waals surface area (Å²) in [4.78, 5) is 2.63. The molecule has 0 spiro atoms. The second kappa shape index (κ2) is 7.95. The van der Waals surface area contributed by atoms with E-state index < -0.39 is 0 Å². The van der Waals surface area contributed by atoms with Gasteiger partial charge in [0, 0.05) is 6.54 Å². The predicted molar refractivity (Wildman–Crippen MR) is 91.6 cm³/mol. The Morgan fingerprint density at radius 2 is 1.76 bits per heavy atom. The van der Waals surface area contributed by atoms with Crippen LogP contribution in [-0.2, 0) is 13.0 Å². The van der Waals surface area contributed by atoms with Crippen LogP contribution in [0, 0.1) is 5.41 Å². The third-order valence-electron chi connectivity index (χ3n) is 4.70. The van der Waals surface area contributed by atoms with Crippen LogP contribution in [0.2, 0.25) is 0 Å². The summed E-state index contributed by atoms with van der Waals surface area (Å²) in [6.07, 6.45) is 5.17. The number of benzene rings is 1. The normalized spacial score (nSPS) is 19.4. The maximum Gasteiger partial charge on any atom is 0.0233 e. The first-order chi connectivity index (χ1) is 10.1. The zero-order valence-electron chi connectivity index (χ0n) is 14.1. The van der Waals surface area contributed by atoms with E-state index in [0.29, 0.717) is 5.41 Å². The Balaban J connectivity index is 1.82. The van der Waals surface area contributed by atoms with Gasteiger partial charge in [-0.05, 0) is 68.4 Å². The fourth-order valence-corrected chi connectivity index (χ4v) is 3.12. The Morgan fingerprint density at radius 3 is 2.48 bits per heavy atom. The lowest BCUT2D eigenvalue weighted by molar-refractivity contribution is 0.256. The van der Waals surface area contributed by atoms with Gasteiger partial charge in [0.15, 0.2) is 0 Å². The van der Waals surface area contributed by atoms with Crippen LogP contribution in [-0.4, -0.2) is 31.1 Å². The van der Waals surface area contributed by atoms with Crippen molar-refractivity contribution in [2.45, 2.75) is 53.0 Å². The molecule has 0 atom stereocenters. The van der Waals surface area contributed by atoms with Crippen molar-refractivity contribution in [1.82, 2.24) is 10.2 Å². The molecule has 0 unspecified atom stereocenters. The van der Waals surface area contributed by atoms with Crippen molar-refractivity contribution in [3.63, 3.8) is 0 Å². The molecule has 2 nitrogen and oxygen atoms in total. The fraction of sp³-hybridized carbons (Fsp3) is 0.684. The number of likely N-dealkylation sites (tertiary alicyclic amines) is 1. The van der Waals surface area contributed by atoms with Gasteiger partial charge in [0.2, 0.25) is 0 Å². The second-order valence-electron chi connectivity index (χ2n) is 7.21. The molecular weight excluding hydrogens is 256 g/mol. The van der Waals surface area contributed by atoms with E-state index in [9.17, 15) is 0 Å². The topological polar surface area (TPSA) is 15.3 Å². The molecule has 1 saturated heterocycles. The quantitative estimate of drug-likeness (QED) is 0.800. The molecule has 1 aromatic carbocycles. The average Bonchev–Trinajstić information content (AvgIpc) is 2.62. The van der Waals surface area contributed by atoms with Crippen molar-refractivity contribution in [3.05, 3.63) is 35.4 Å². The largest absolute Gasteiger partial charge is 0.317 e. The highest BCUT2D eigenvalue weighted by atomic mass is 15.1. The van der Waals surface area contributed by atoms with Crippen LogP contribution in [0.4, 0.5) is 0 Å². The summed E-state index contributed by atoms with van der Waals surface area (Å²) in [6, 6.07) is 9.23. The second-order valence-corrected chi connectivity index (χ2v) is 7.21. The first-order valence-electron chi connectivity index (χ1n) is 8.60. The van der Waals surface area contributed by atoms with Gasteiger partial charge in [0.1, 0.15) is 0 Å². The average molecular weight is 288 g/mol. The molecule has 0 saturated carbocycles. The Labute approximate surface area is 130 Å². The van der Waals surface area contributed by atoms with Gasteiger partial charge in [0.05, 0.1) is 0 Å². The van der Waals surface area contributed by atoms with Crippen LogP contribution in [0.15, 0.2) is 24.3 Å². The third kappa shape index (κ3) is 5.80. The van der Waals surface area contributed by atoms with Gasteiger partial charge in [-0.1, -0.05) is 45.0 Å². The number of hydrogen-bond acceptors (Lipinski definition) is 2. The maximum absolute atomic E-state index is 3.38. The minimum atomic E-state index is 0.533. The van der Waals surface area contributed by atoms with E-state index in [1.807, 2.05) is 0 Å². The molecule has 0 amide bonds. The van der Waals surface area contributed by atoms with Gasteiger partial charge in [-0.25, -0.2) is 0 Å². The van der Waals surface area contributed by atoms with Gasteiger partial charge in [-0.3, -0.25) is 4.90 Å². The smallest absolute Gasteiger partial charge is 0.0233 e. The molecule has 0 aliphatic carbocycles. The Hall–Kier alpha value is -0.860. The molecule has 2 rings (SSSR count). The van der Waals surface area contributed by atoms with Crippen molar-refractivity contribution in [3.8, 4) is 0 Å². The van der Waals surface area contributed by atoms with Crippen LogP contribution in [0.1, 0.15) is 51.2 Å². The number of nitrogens with one attached hydrogen (secondary N) is 1. The predicted octanol–water partition coefficient (Wildman–Crippen LogP) is 3.85. The molecule has 21 heavy (non-hydrogen) atoms. The minimum Gasteiger partial charge on any atom is -0.317 e. The summed E-state index contributed by atoms with van der Waals surface area (Å²) in [5, 5.41) is 3.38. The molecule has 1 aromatic rings. The molecule has 1 N–H and O–H groups in total. The molecule has 1 aliphatic heterocycles. The van der Waals surface area contributed by atoms with Crippen LogP contribution in [0.5, 0.6) is 0 Å². The Kier molecular flexibility index (Phi) is 6.25. The van der Waals surface area contributed by atoms with E-state index in [1.54, 1.807) is 0 Å². The third-order valence-corrected chi connectivity index (χ3v) is 4.70. The standard InChI is InChI=1S/C19H32N2/c1-4-20-13-10-17-6-8-18(9-7-17)16-21-14-5-11-19(2,3)12-15-21/h6-9,20H,4-5,10-16H2,1-3H3. The van der Waals surface area contributed by atoms with Crippen molar-refractivity contribution in [2.24, 2.45) is 5.41 Å². The van der Waals surface area contributed by atoms with E-state index in [2.05, 4.69) is 55.3 Å². The fourth-order valence-electron chi connectivity index (χ4n) is 3.12. The van der Waals surface area contributed by atoms with Gasteiger partial charge >= 0.3 is 0 Å². The SMILES string of the molecule is CCNCCc1ccc(CN2CCCC(C)(C)CC2)cc1. The molecule has 0 bridgehead atoms. The molecule has 0 aromatic heterocycles. The molecule has 0 radical (unpaired) electrons. The van der Waals surface area contributed by atoms with E-state index in [4.69, 9.17) is 0 Å². The van der Waals surface area contributed by atoms with E-state index in [1.165, 1.54) is 43.5 Å². The first-order valence-corrected chi connectivity index (χ1v) is 8.60. The van der Waals surface area contributed by atoms with Crippen molar-refractivity contribution < 1.29 is 0 Å². The number of nitrogens with zero attached hydrogens (tertiary/aromatic N) is 1. The minimum absolute atomic E-state index is 0.533. The van der Waals surface area contributed by atoms with Crippen molar-refractivity contribution in [2.75, 3.05) is 26.2 Å². The highest BCUT2D eigenvalue weighted by Crippen LogP contribution is 2.30. The van der Waals surface area contributed by atoms with E-state index in [0.717, 1.165) is 26.1 Å². The van der Waals surface area contributed by atoms with Crippen LogP contribution >= 0.6 is 0 Å². The molecule has 1 heterocycles. The molecule has 118 valence electrons. The lowest BCUT2D eigenvalue weighted by Gasteiger charge is -2.23. The summed E-state index contributed by atoms with van der Waals surface area (Å²) < 4.78 is 0. The summed E-state index contributed by atoms with van der Waals surface area (Å²) in [5.41, 5.74) is 3.43. The molecule has 1 fully saturated rings. The zero-order chi connectivity index (χ0) is 15.1. The lowest BCUT2D eigenvalue weighted by Crippen LogP contribution is -2.25. The van der Waals surface area contributed by atoms with Crippen LogP contribution < -0.4 is 5.32 Å². The van der Waals surface area contributed by atoms with Crippen molar-refractivity contribution >= 4 is 0 Å². The number of likely N-dealkylation sites (N-methyl/N-ethyl adjacent to an activating group) is 1. The van der Waals surface area contributed by atoms with Gasteiger partial charge in [0.25, 0.3) is 0 Å². The van der Waals surface area contributed by atoms with Crippen molar-refractivity contribution in [1.29, 1.82) is 0 Å². The van der Waals surface area contributed by atoms with E-state index in [-0.39, 0.29) is 0 Å². The highest BCUT2D eigenvalue weighted by molar-refractivity contribution is 5.22. The van der Waals surface area contributed by atoms with Gasteiger partial charge < -0.3 is 5.32 Å². The number of hydrogen-bond donors (Lipinski definition) is 1. The lowest BCUT2D eigenvalue weighted by atomic mass is 9.85. The Morgan fingerprint density at radius 1 is 1.05 bits per heavy atom. The number of rotatable bonds is 6. The van der Waals surface area contributed by atoms with E-state index >= 15 is 0 Å².